The van der Waals surface area contributed by atoms with Gasteiger partial charge in [0, 0.05) is 59.0 Å². The molecule has 4 rings (SSSR count). The van der Waals surface area contributed by atoms with Crippen LogP contribution in [0, 0.1) is 6.92 Å². The van der Waals surface area contributed by atoms with Gasteiger partial charge in [-0.1, -0.05) is 32.9 Å². The summed E-state index contributed by atoms with van der Waals surface area (Å²) in [7, 11) is 1.84. The predicted molar refractivity (Wildman–Crippen MR) is 215 cm³/mol. The first-order valence-corrected chi connectivity index (χ1v) is 17.6. The molecule has 1 aromatic heterocycles. The highest BCUT2D eigenvalue weighted by Crippen LogP contribution is 2.23. The molecule has 0 unspecified atom stereocenters. The van der Waals surface area contributed by atoms with Gasteiger partial charge in [-0.05, 0) is 110 Å². The zero-order valence-electron chi connectivity index (χ0n) is 30.2. The van der Waals surface area contributed by atoms with Crippen molar-refractivity contribution in [2.24, 2.45) is 11.5 Å². The van der Waals surface area contributed by atoms with E-state index in [1.54, 1.807) is 73.7 Å². The molecule has 0 radical (unpaired) electrons. The van der Waals surface area contributed by atoms with E-state index in [2.05, 4.69) is 26.3 Å². The van der Waals surface area contributed by atoms with Gasteiger partial charge in [0.05, 0.1) is 18.0 Å². The monoisotopic (exact) mass is 713 g/mol. The molecule has 11 nitrogen and oxygen atoms in total. The second kappa shape index (κ2) is 26.2. The fourth-order valence-electron chi connectivity index (χ4n) is 3.86. The largest absolute Gasteiger partial charge is 0.462 e. The highest BCUT2D eigenvalue weighted by Gasteiger charge is 2.08. The average Bonchev–Trinajstić information content (AvgIpc) is 3.17. The van der Waals surface area contributed by atoms with Gasteiger partial charge in [-0.3, -0.25) is 14.6 Å². The predicted octanol–water partition coefficient (Wildman–Crippen LogP) is 8.07. The van der Waals surface area contributed by atoms with E-state index in [1.807, 2.05) is 88.7 Å². The number of nitrogens with one attached hydrogen (secondary N) is 4. The average molecular weight is 714 g/mol. The highest BCUT2D eigenvalue weighted by molar-refractivity contribution is 8.02. The fourth-order valence-corrected chi connectivity index (χ4v) is 4.49. The lowest BCUT2D eigenvalue weighted by molar-refractivity contribution is -0.105. The maximum absolute atomic E-state index is 12.5. The van der Waals surface area contributed by atoms with Crippen LogP contribution >= 0.6 is 11.8 Å². The Labute approximate surface area is 306 Å². The van der Waals surface area contributed by atoms with Crippen LogP contribution in [-0.2, 0) is 9.53 Å². The van der Waals surface area contributed by atoms with Crippen molar-refractivity contribution in [1.82, 2.24) is 4.98 Å². The van der Waals surface area contributed by atoms with Gasteiger partial charge in [-0.25, -0.2) is 4.79 Å². The number of thioether (sulfide) groups is 1. The summed E-state index contributed by atoms with van der Waals surface area (Å²) in [4.78, 5) is 37.9. The quantitative estimate of drug-likeness (QED) is 0.0344. The third-order valence-electron chi connectivity index (χ3n) is 6.48. The van der Waals surface area contributed by atoms with Crippen molar-refractivity contribution in [3.63, 3.8) is 0 Å². The summed E-state index contributed by atoms with van der Waals surface area (Å²) in [5.74, 6) is 0.143. The Morgan fingerprint density at radius 1 is 0.902 bits per heavy atom. The summed E-state index contributed by atoms with van der Waals surface area (Å²) < 4.78 is 4.80. The maximum Gasteiger partial charge on any atom is 0.338 e. The van der Waals surface area contributed by atoms with Gasteiger partial charge in [-0.2, -0.15) is 0 Å². The van der Waals surface area contributed by atoms with Crippen LogP contribution in [0.5, 0.6) is 0 Å². The molecule has 0 saturated carbocycles. The number of nitrogens with two attached hydrogens (primary N) is 2. The molecular weight excluding hydrogens is 663 g/mol. The van der Waals surface area contributed by atoms with Crippen molar-refractivity contribution in [2.75, 3.05) is 40.8 Å². The van der Waals surface area contributed by atoms with Gasteiger partial charge in [-0.15, -0.1) is 11.8 Å². The number of benzene rings is 3. The lowest BCUT2D eigenvalue weighted by atomic mass is 10.1. The number of nitrogens with zero attached hydrogens (tertiary/aromatic N) is 1. The summed E-state index contributed by atoms with van der Waals surface area (Å²) in [6.45, 7) is 10.2. The number of amides is 2. The van der Waals surface area contributed by atoms with Gasteiger partial charge in [0.15, 0.2) is 0 Å². The Bertz CT molecular complexity index is 1650. The van der Waals surface area contributed by atoms with Crippen molar-refractivity contribution in [3.8, 4) is 0 Å². The first-order valence-electron chi connectivity index (χ1n) is 16.5. The van der Waals surface area contributed by atoms with Gasteiger partial charge in [0.1, 0.15) is 0 Å². The van der Waals surface area contributed by atoms with Gasteiger partial charge in [0.2, 0.25) is 6.41 Å². The van der Waals surface area contributed by atoms with Crippen LogP contribution in [0.1, 0.15) is 66.0 Å². The molecule has 51 heavy (non-hydrogen) atoms. The van der Waals surface area contributed by atoms with Gasteiger partial charge < -0.3 is 37.5 Å². The Balaban J connectivity index is 0.000000512. The van der Waals surface area contributed by atoms with E-state index in [0.29, 0.717) is 41.4 Å². The Morgan fingerprint density at radius 2 is 1.55 bits per heavy atom. The number of anilines is 4. The molecule has 0 fully saturated rings. The molecule has 0 bridgehead atoms. The van der Waals surface area contributed by atoms with E-state index in [9.17, 15) is 14.4 Å². The first kappa shape index (κ1) is 43.3. The lowest BCUT2D eigenvalue weighted by Gasteiger charge is -2.12. The van der Waals surface area contributed by atoms with E-state index < -0.39 is 0 Å². The van der Waals surface area contributed by atoms with Crippen LogP contribution < -0.4 is 32.7 Å². The number of pyridine rings is 1. The Morgan fingerprint density at radius 3 is 2.10 bits per heavy atom. The number of aryl methyl sites for hydroxylation is 1. The third kappa shape index (κ3) is 17.0. The standard InChI is InChI=1S/C23H25N5OS.C10H11NO3.C4H9N.C2H6/c1-16-5-8-20(28-23(29)17-6-9-19(25-2)10-7-17)12-22(16)27-15-30-14-21(24)18-4-3-11-26-13-18;1-2-14-10(13)8-3-5-9(6-4-8)11-7-12;1-2-3-4-5;1-2/h3-14,25,27H,15,24H2,1-2H3,(H,28,29);3-7H,2H2,1H3,(H,11,12);3-4H,2,5H2,1H3;1-2H3/b21-14-;;4-3-;. The first-order chi connectivity index (χ1) is 24.8. The molecule has 0 aliphatic carbocycles. The lowest BCUT2D eigenvalue weighted by Crippen LogP contribution is -2.12. The number of aromatic nitrogens is 1. The number of carbonyl (C=O) groups excluding carboxylic acids is 3. The van der Waals surface area contributed by atoms with Crippen LogP contribution in [0.4, 0.5) is 22.7 Å². The van der Waals surface area contributed by atoms with E-state index in [4.69, 9.17) is 16.2 Å². The molecular formula is C39H51N7O4S. The summed E-state index contributed by atoms with van der Waals surface area (Å²) in [6, 6.07) is 23.4. The third-order valence-corrected chi connectivity index (χ3v) is 7.21. The zero-order valence-corrected chi connectivity index (χ0v) is 31.1. The van der Waals surface area contributed by atoms with Crippen molar-refractivity contribution in [3.05, 3.63) is 131 Å². The van der Waals surface area contributed by atoms with E-state index >= 15 is 0 Å². The van der Waals surface area contributed by atoms with E-state index in [1.165, 1.54) is 0 Å². The Hall–Kier alpha value is -5.75. The maximum atomic E-state index is 12.5. The Kier molecular flexibility index (Phi) is 22.2. The second-order valence-electron chi connectivity index (χ2n) is 10.0. The van der Waals surface area contributed by atoms with Crippen molar-refractivity contribution >= 4 is 58.5 Å². The molecule has 2 amide bonds. The molecule has 4 aromatic rings. The highest BCUT2D eigenvalue weighted by atomic mass is 32.2. The molecule has 0 spiro atoms. The second-order valence-corrected chi connectivity index (χ2v) is 10.9. The molecule has 8 N–H and O–H groups in total. The number of allylic oxidation sites excluding steroid dienone is 1. The fraction of sp³-hybridized carbons (Fsp3) is 0.231. The number of carbonyl (C=O) groups is 3. The van der Waals surface area contributed by atoms with Crippen molar-refractivity contribution in [1.29, 1.82) is 0 Å². The minimum Gasteiger partial charge on any atom is -0.462 e. The number of esters is 1. The van der Waals surface area contributed by atoms with Crippen LogP contribution in [0.2, 0.25) is 0 Å². The summed E-state index contributed by atoms with van der Waals surface area (Å²) >= 11 is 1.56. The van der Waals surface area contributed by atoms with Crippen LogP contribution in [0.3, 0.4) is 0 Å². The van der Waals surface area contributed by atoms with Crippen LogP contribution in [-0.4, -0.2) is 42.8 Å². The number of rotatable bonds is 13. The van der Waals surface area contributed by atoms with Crippen LogP contribution in [0.15, 0.2) is 109 Å². The number of hydrogen-bond donors (Lipinski definition) is 6. The topological polar surface area (TPSA) is 173 Å². The molecule has 1 heterocycles. The van der Waals surface area contributed by atoms with E-state index in [0.717, 1.165) is 34.6 Å². The smallest absolute Gasteiger partial charge is 0.338 e. The molecule has 0 aliphatic rings. The zero-order chi connectivity index (χ0) is 37.9. The van der Waals surface area contributed by atoms with Crippen molar-refractivity contribution in [2.45, 2.75) is 41.0 Å². The minimum absolute atomic E-state index is 0.144. The minimum atomic E-state index is -0.356. The molecule has 0 aliphatic heterocycles. The number of hydrogen-bond acceptors (Lipinski definition) is 10. The molecule has 0 saturated heterocycles. The van der Waals surface area contributed by atoms with E-state index in [-0.39, 0.29) is 11.9 Å². The van der Waals surface area contributed by atoms with Gasteiger partial charge >= 0.3 is 5.97 Å². The summed E-state index contributed by atoms with van der Waals surface area (Å²) in [5, 5.41) is 13.7. The summed E-state index contributed by atoms with van der Waals surface area (Å²) in [6.07, 6.45) is 8.54. The molecule has 3 aromatic carbocycles. The SMILES string of the molecule is CC.CC/C=C\N.CCOC(=O)c1ccc(NC=O)cc1.CNc1ccc(C(=O)Nc2ccc(C)c(NCS/C=C(\N)c3cccnc3)c2)cc1. The molecule has 12 heteroatoms. The number of ether oxygens (including phenoxy) is 1. The van der Waals surface area contributed by atoms with Gasteiger partial charge in [0.25, 0.3) is 5.91 Å². The van der Waals surface area contributed by atoms with Crippen LogP contribution in [0.25, 0.3) is 5.70 Å². The van der Waals surface area contributed by atoms with Crippen molar-refractivity contribution < 1.29 is 19.1 Å². The molecule has 0 atom stereocenters. The molecule has 272 valence electrons. The normalized spacial score (nSPS) is 10.1. The summed E-state index contributed by atoms with van der Waals surface area (Å²) in [5.41, 5.74) is 18.1.